The first-order valence-electron chi connectivity index (χ1n) is 9.39. The number of alkyl halides is 2. The van der Waals surface area contributed by atoms with Crippen molar-refractivity contribution in [1.82, 2.24) is 0 Å². The lowest BCUT2D eigenvalue weighted by molar-refractivity contribution is -0.208. The van der Waals surface area contributed by atoms with Crippen molar-refractivity contribution in [2.45, 2.75) is 55.8 Å². The Morgan fingerprint density at radius 2 is 1.68 bits per heavy atom. The number of ether oxygens (including phenoxy) is 3. The highest BCUT2D eigenvalue weighted by atomic mass is 32.2. The zero-order chi connectivity index (χ0) is 20.6. The highest BCUT2D eigenvalue weighted by molar-refractivity contribution is 7.86. The molecule has 7 nitrogen and oxygen atoms in total. The molecule has 0 heterocycles. The van der Waals surface area contributed by atoms with Crippen LogP contribution >= 0.6 is 0 Å². The summed E-state index contributed by atoms with van der Waals surface area (Å²) in [4.78, 5) is 11.9. The van der Waals surface area contributed by atoms with Gasteiger partial charge in [-0.3, -0.25) is 0 Å². The average Bonchev–Trinajstić information content (AvgIpc) is 2.56. The van der Waals surface area contributed by atoms with Crippen LogP contribution in [-0.4, -0.2) is 49.8 Å². The quantitative estimate of drug-likeness (QED) is 0.175. The molecule has 4 bridgehead atoms. The summed E-state index contributed by atoms with van der Waals surface area (Å²) in [6, 6.07) is 0. The summed E-state index contributed by atoms with van der Waals surface area (Å²) >= 11 is 0. The van der Waals surface area contributed by atoms with Crippen molar-refractivity contribution in [3.8, 4) is 0 Å². The Labute approximate surface area is 163 Å². The maximum atomic E-state index is 13.0. The second-order valence-corrected chi connectivity index (χ2v) is 9.80. The van der Waals surface area contributed by atoms with Gasteiger partial charge in [0.25, 0.3) is 0 Å². The molecule has 4 rings (SSSR count). The molecule has 0 unspecified atom stereocenters. The van der Waals surface area contributed by atoms with E-state index in [4.69, 9.17) is 14.2 Å². The molecular weight excluding hydrogens is 398 g/mol. The Balaban J connectivity index is 1.34. The fourth-order valence-corrected chi connectivity index (χ4v) is 5.42. The molecule has 0 saturated heterocycles. The van der Waals surface area contributed by atoms with Gasteiger partial charge in [0, 0.05) is 6.42 Å². The van der Waals surface area contributed by atoms with Crippen molar-refractivity contribution in [2.24, 2.45) is 17.8 Å². The first-order valence-corrected chi connectivity index (χ1v) is 10.8. The maximum Gasteiger partial charge on any atom is 0.337 e. The van der Waals surface area contributed by atoms with E-state index in [0.29, 0.717) is 17.8 Å². The lowest BCUT2D eigenvalue weighted by Crippen LogP contribution is -2.52. The number of carbonyl (C=O) groups excluding carboxylic acids is 1. The van der Waals surface area contributed by atoms with Crippen LogP contribution in [-0.2, 0) is 29.1 Å². The number of esters is 1. The van der Waals surface area contributed by atoms with Gasteiger partial charge < -0.3 is 18.8 Å². The minimum Gasteiger partial charge on any atom is -0.743 e. The van der Waals surface area contributed by atoms with Gasteiger partial charge in [-0.15, -0.1) is 0 Å². The smallest absolute Gasteiger partial charge is 0.337 e. The van der Waals surface area contributed by atoms with Gasteiger partial charge in [-0.1, -0.05) is 6.58 Å². The van der Waals surface area contributed by atoms with E-state index in [2.05, 4.69) is 6.58 Å². The lowest BCUT2D eigenvalue weighted by Gasteiger charge is -2.56. The summed E-state index contributed by atoms with van der Waals surface area (Å²) in [5.74, 6) is 1.32. The van der Waals surface area contributed by atoms with Crippen LogP contribution < -0.4 is 0 Å². The number of halogens is 2. The van der Waals surface area contributed by atoms with Crippen LogP contribution in [0.2, 0.25) is 0 Å². The standard InChI is InChI=1S/C18H26F2O7S/c1-12(10-25-3-2-18(19,20)28(22,23)24)16(21)26-11-27-17-7-13-4-14(8-17)6-15(5-13)9-17/h13-15H,1-11H2,(H,22,23,24)/p-1. The molecule has 4 aliphatic carbocycles. The predicted molar refractivity (Wildman–Crippen MR) is 92.2 cm³/mol. The first kappa shape index (κ1) is 21.6. The van der Waals surface area contributed by atoms with Crippen LogP contribution in [0.5, 0.6) is 0 Å². The lowest BCUT2D eigenvalue weighted by atomic mass is 9.54. The van der Waals surface area contributed by atoms with Crippen molar-refractivity contribution in [3.05, 3.63) is 12.2 Å². The van der Waals surface area contributed by atoms with Crippen LogP contribution in [0, 0.1) is 17.8 Å². The fraction of sp³-hybridized carbons (Fsp3) is 0.833. The molecule has 0 spiro atoms. The largest absolute Gasteiger partial charge is 0.743 e. The van der Waals surface area contributed by atoms with Gasteiger partial charge in [-0.2, -0.15) is 8.78 Å². The summed E-state index contributed by atoms with van der Waals surface area (Å²) in [6.45, 7) is 2.13. The molecule has 0 atom stereocenters. The van der Waals surface area contributed by atoms with E-state index < -0.39 is 41.0 Å². The predicted octanol–water partition coefficient (Wildman–Crippen LogP) is 2.57. The molecule has 160 valence electrons. The molecule has 0 N–H and O–H groups in total. The number of carbonyl (C=O) groups is 1. The molecule has 0 amide bonds. The molecule has 4 fully saturated rings. The Morgan fingerprint density at radius 3 is 2.18 bits per heavy atom. The molecule has 0 radical (unpaired) electrons. The van der Waals surface area contributed by atoms with Gasteiger partial charge in [-0.25, -0.2) is 13.2 Å². The summed E-state index contributed by atoms with van der Waals surface area (Å²) in [5, 5.41) is -4.42. The number of rotatable bonds is 10. The minimum absolute atomic E-state index is 0.109. The third-order valence-electron chi connectivity index (χ3n) is 6.01. The monoisotopic (exact) mass is 423 g/mol. The van der Waals surface area contributed by atoms with Crippen molar-refractivity contribution >= 4 is 16.1 Å². The van der Waals surface area contributed by atoms with Gasteiger partial charge >= 0.3 is 11.2 Å². The fourth-order valence-electron chi connectivity index (χ4n) is 5.09. The maximum absolute atomic E-state index is 13.0. The molecule has 0 aromatic rings. The molecule has 4 aliphatic rings. The highest BCUT2D eigenvalue weighted by Crippen LogP contribution is 2.57. The second-order valence-electron chi connectivity index (χ2n) is 8.29. The summed E-state index contributed by atoms with van der Waals surface area (Å²) in [6.07, 6.45) is 5.50. The molecule has 10 heteroatoms. The van der Waals surface area contributed by atoms with Crippen LogP contribution in [0.1, 0.15) is 44.9 Å². The first-order chi connectivity index (χ1) is 13.0. The zero-order valence-electron chi connectivity index (χ0n) is 15.5. The molecule has 0 aliphatic heterocycles. The van der Waals surface area contributed by atoms with Gasteiger partial charge in [0.2, 0.25) is 0 Å². The minimum atomic E-state index is -5.74. The number of hydrogen-bond acceptors (Lipinski definition) is 7. The van der Waals surface area contributed by atoms with Gasteiger partial charge in [-0.05, 0) is 56.3 Å². The van der Waals surface area contributed by atoms with Crippen LogP contribution in [0.15, 0.2) is 12.2 Å². The van der Waals surface area contributed by atoms with E-state index in [9.17, 15) is 26.5 Å². The highest BCUT2D eigenvalue weighted by Gasteiger charge is 2.51. The zero-order valence-corrected chi connectivity index (χ0v) is 16.3. The topological polar surface area (TPSA) is 102 Å². The van der Waals surface area contributed by atoms with Gasteiger partial charge in [0.05, 0.1) is 24.4 Å². The van der Waals surface area contributed by atoms with E-state index in [-0.39, 0.29) is 18.0 Å². The normalized spacial score (nSPS) is 31.8. The van der Waals surface area contributed by atoms with Gasteiger partial charge in [0.15, 0.2) is 16.9 Å². The summed E-state index contributed by atoms with van der Waals surface area (Å²) < 4.78 is 72.9. The third kappa shape index (κ3) is 4.90. The summed E-state index contributed by atoms with van der Waals surface area (Å²) in [7, 11) is -5.74. The third-order valence-corrected chi connectivity index (χ3v) is 6.94. The molecule has 4 saturated carbocycles. The van der Waals surface area contributed by atoms with Crippen molar-refractivity contribution in [2.75, 3.05) is 20.0 Å². The van der Waals surface area contributed by atoms with E-state index in [1.807, 2.05) is 0 Å². The van der Waals surface area contributed by atoms with E-state index >= 15 is 0 Å². The SMILES string of the molecule is C=C(COCCC(F)(F)S(=O)(=O)[O-])C(=O)OCOC12CC3CC(CC(C3)C1)C2. The molecular formula is C18H25F2O7S-. The Morgan fingerprint density at radius 1 is 1.14 bits per heavy atom. The molecule has 0 aromatic heterocycles. The van der Waals surface area contributed by atoms with Crippen LogP contribution in [0.4, 0.5) is 8.78 Å². The van der Waals surface area contributed by atoms with Crippen LogP contribution in [0.3, 0.4) is 0 Å². The Bertz CT molecular complexity index is 684. The van der Waals surface area contributed by atoms with Crippen molar-refractivity contribution in [1.29, 1.82) is 0 Å². The van der Waals surface area contributed by atoms with E-state index in [0.717, 1.165) is 19.3 Å². The van der Waals surface area contributed by atoms with Crippen molar-refractivity contribution < 1.29 is 40.8 Å². The van der Waals surface area contributed by atoms with E-state index in [1.165, 1.54) is 19.3 Å². The average molecular weight is 423 g/mol. The van der Waals surface area contributed by atoms with E-state index in [1.54, 1.807) is 0 Å². The summed E-state index contributed by atoms with van der Waals surface area (Å²) in [5.41, 5.74) is -0.315. The Hall–Kier alpha value is -1.10. The molecule has 0 aromatic carbocycles. The van der Waals surface area contributed by atoms with Crippen molar-refractivity contribution in [3.63, 3.8) is 0 Å². The Kier molecular flexibility index (Phi) is 6.15. The number of hydrogen-bond donors (Lipinski definition) is 0. The van der Waals surface area contributed by atoms with Gasteiger partial charge in [0.1, 0.15) is 0 Å². The van der Waals surface area contributed by atoms with Crippen LogP contribution in [0.25, 0.3) is 0 Å². The second kappa shape index (κ2) is 7.97. The molecule has 28 heavy (non-hydrogen) atoms.